The molecule has 0 radical (unpaired) electrons. The Labute approximate surface area is 138 Å². The Morgan fingerprint density at radius 1 is 1.22 bits per heavy atom. The van der Waals surface area contributed by atoms with Crippen LogP contribution < -0.4 is 5.32 Å². The number of nitrogens with one attached hydrogen (secondary N) is 1. The molecular formula is C18H15ClN2O2. The van der Waals surface area contributed by atoms with Crippen molar-refractivity contribution in [2.45, 2.75) is 18.4 Å². The Bertz CT molecular complexity index is 818. The highest BCUT2D eigenvalue weighted by Crippen LogP contribution is 2.52. The molecule has 3 atom stereocenters. The number of allylic oxidation sites excluding steroid dienone is 2. The lowest BCUT2D eigenvalue weighted by Gasteiger charge is -2.37. The molecule has 0 bridgehead atoms. The summed E-state index contributed by atoms with van der Waals surface area (Å²) in [6.07, 6.45) is 5.30. The first kappa shape index (κ1) is 14.3. The molecule has 1 N–H and O–H groups in total. The molecule has 2 aromatic carbocycles. The van der Waals surface area contributed by atoms with Crippen LogP contribution in [0.25, 0.3) is 0 Å². The third-order valence-electron chi connectivity index (χ3n) is 4.78. The van der Waals surface area contributed by atoms with Crippen molar-refractivity contribution in [2.75, 3.05) is 5.32 Å². The van der Waals surface area contributed by atoms with Crippen LogP contribution in [0.2, 0.25) is 5.02 Å². The maximum absolute atomic E-state index is 11.4. The molecule has 0 amide bonds. The van der Waals surface area contributed by atoms with Crippen molar-refractivity contribution in [3.05, 3.63) is 80.9 Å². The van der Waals surface area contributed by atoms with E-state index in [2.05, 4.69) is 17.5 Å². The molecule has 0 fully saturated rings. The van der Waals surface area contributed by atoms with Gasteiger partial charge in [-0.1, -0.05) is 48.0 Å². The molecule has 0 saturated heterocycles. The lowest BCUT2D eigenvalue weighted by atomic mass is 9.77. The second kappa shape index (κ2) is 5.39. The minimum Gasteiger partial charge on any atom is -0.372 e. The summed E-state index contributed by atoms with van der Waals surface area (Å²) in [6.45, 7) is 0. The molecule has 0 spiro atoms. The second-order valence-corrected chi connectivity index (χ2v) is 6.47. The predicted octanol–water partition coefficient (Wildman–Crippen LogP) is 5.07. The molecule has 0 aromatic heterocycles. The van der Waals surface area contributed by atoms with Gasteiger partial charge in [-0.05, 0) is 35.6 Å². The lowest BCUT2D eigenvalue weighted by molar-refractivity contribution is -0.384. The van der Waals surface area contributed by atoms with Gasteiger partial charge in [0.15, 0.2) is 0 Å². The first-order valence-electron chi connectivity index (χ1n) is 7.61. The second-order valence-electron chi connectivity index (χ2n) is 6.03. The zero-order valence-corrected chi connectivity index (χ0v) is 13.0. The molecule has 4 nitrogen and oxygen atoms in total. The van der Waals surface area contributed by atoms with Gasteiger partial charge in [0, 0.05) is 17.0 Å². The zero-order chi connectivity index (χ0) is 16.0. The van der Waals surface area contributed by atoms with Crippen LogP contribution in [0, 0.1) is 16.0 Å². The van der Waals surface area contributed by atoms with Crippen LogP contribution in [-0.2, 0) is 0 Å². The molecule has 5 heteroatoms. The molecule has 2 aliphatic rings. The fourth-order valence-electron chi connectivity index (χ4n) is 3.79. The van der Waals surface area contributed by atoms with Gasteiger partial charge in [0.2, 0.25) is 0 Å². The van der Waals surface area contributed by atoms with Gasteiger partial charge >= 0.3 is 0 Å². The van der Waals surface area contributed by atoms with E-state index in [4.69, 9.17) is 11.6 Å². The first-order valence-corrected chi connectivity index (χ1v) is 7.99. The van der Waals surface area contributed by atoms with Crippen molar-refractivity contribution in [3.8, 4) is 0 Å². The number of hydrogen-bond donors (Lipinski definition) is 1. The molecule has 0 saturated carbocycles. The summed E-state index contributed by atoms with van der Waals surface area (Å²) in [5.41, 5.74) is 2.85. The highest BCUT2D eigenvalue weighted by Gasteiger charge is 2.40. The highest BCUT2D eigenvalue weighted by molar-refractivity contribution is 6.30. The number of anilines is 1. The molecular weight excluding hydrogens is 312 g/mol. The van der Waals surface area contributed by atoms with Crippen LogP contribution in [0.4, 0.5) is 11.4 Å². The average Bonchev–Trinajstić information content (AvgIpc) is 3.03. The van der Waals surface area contributed by atoms with E-state index in [1.807, 2.05) is 30.3 Å². The van der Waals surface area contributed by atoms with E-state index in [1.54, 1.807) is 12.1 Å². The third kappa shape index (κ3) is 2.30. The number of nitro groups is 1. The smallest absolute Gasteiger partial charge is 0.292 e. The van der Waals surface area contributed by atoms with Gasteiger partial charge < -0.3 is 5.32 Å². The summed E-state index contributed by atoms with van der Waals surface area (Å²) in [7, 11) is 0. The Hall–Kier alpha value is -2.33. The van der Waals surface area contributed by atoms with Crippen LogP contribution in [0.3, 0.4) is 0 Å². The molecule has 116 valence electrons. The number of nitrogens with zero attached hydrogens (tertiary/aromatic N) is 1. The number of halogens is 1. The first-order chi connectivity index (χ1) is 11.1. The SMILES string of the molecule is O=[N+]([O-])c1cccc2c1NC(c1cccc(Cl)c1)C1CC=CC21. The van der Waals surface area contributed by atoms with Crippen molar-refractivity contribution >= 4 is 23.0 Å². The van der Waals surface area contributed by atoms with Gasteiger partial charge in [0.1, 0.15) is 5.69 Å². The van der Waals surface area contributed by atoms with E-state index in [0.717, 1.165) is 17.5 Å². The normalized spacial score (nSPS) is 24.7. The van der Waals surface area contributed by atoms with Crippen LogP contribution in [0.5, 0.6) is 0 Å². The summed E-state index contributed by atoms with van der Waals surface area (Å²) in [4.78, 5) is 11.1. The molecule has 1 heterocycles. The van der Waals surface area contributed by atoms with E-state index in [9.17, 15) is 10.1 Å². The van der Waals surface area contributed by atoms with E-state index >= 15 is 0 Å². The largest absolute Gasteiger partial charge is 0.372 e. The van der Waals surface area contributed by atoms with E-state index in [0.29, 0.717) is 16.6 Å². The molecule has 1 aliphatic carbocycles. The number of rotatable bonds is 2. The maximum atomic E-state index is 11.4. The fraction of sp³-hybridized carbons (Fsp3) is 0.222. The summed E-state index contributed by atoms with van der Waals surface area (Å²) in [5.74, 6) is 0.554. The van der Waals surface area contributed by atoms with Crippen LogP contribution >= 0.6 is 11.6 Å². The number of para-hydroxylation sites is 1. The van der Waals surface area contributed by atoms with E-state index < -0.39 is 0 Å². The van der Waals surface area contributed by atoms with Gasteiger partial charge in [0.25, 0.3) is 5.69 Å². The van der Waals surface area contributed by atoms with Crippen molar-refractivity contribution in [1.82, 2.24) is 0 Å². The minimum absolute atomic E-state index is 0.0160. The average molecular weight is 327 g/mol. The maximum Gasteiger partial charge on any atom is 0.292 e. The van der Waals surface area contributed by atoms with Crippen molar-refractivity contribution in [2.24, 2.45) is 5.92 Å². The van der Waals surface area contributed by atoms with Crippen LogP contribution in [0.1, 0.15) is 29.5 Å². The quantitative estimate of drug-likeness (QED) is 0.476. The molecule has 2 aromatic rings. The number of benzene rings is 2. The zero-order valence-electron chi connectivity index (χ0n) is 12.3. The van der Waals surface area contributed by atoms with Gasteiger partial charge in [-0.15, -0.1) is 0 Å². The minimum atomic E-state index is -0.320. The summed E-state index contributed by atoms with van der Waals surface area (Å²) < 4.78 is 0. The van der Waals surface area contributed by atoms with Crippen LogP contribution in [0.15, 0.2) is 54.6 Å². The number of hydrogen-bond acceptors (Lipinski definition) is 3. The highest BCUT2D eigenvalue weighted by atomic mass is 35.5. The van der Waals surface area contributed by atoms with E-state index in [-0.39, 0.29) is 22.6 Å². The van der Waals surface area contributed by atoms with Crippen molar-refractivity contribution in [1.29, 1.82) is 0 Å². The standard InChI is InChI=1S/C18H15ClN2O2/c19-12-5-1-4-11(10-12)17-14-7-2-6-13(14)15-8-3-9-16(21(22)23)18(15)20-17/h1-6,8-10,13-14,17,20H,7H2. The van der Waals surface area contributed by atoms with Gasteiger partial charge in [-0.2, -0.15) is 0 Å². The van der Waals surface area contributed by atoms with Crippen LogP contribution in [-0.4, -0.2) is 4.92 Å². The predicted molar refractivity (Wildman–Crippen MR) is 90.9 cm³/mol. The van der Waals surface area contributed by atoms with Crippen molar-refractivity contribution < 1.29 is 4.92 Å². The monoisotopic (exact) mass is 326 g/mol. The van der Waals surface area contributed by atoms with Gasteiger partial charge in [-0.25, -0.2) is 0 Å². The summed E-state index contributed by atoms with van der Waals surface area (Å²) >= 11 is 6.14. The molecule has 3 unspecified atom stereocenters. The summed E-state index contributed by atoms with van der Waals surface area (Å²) in [5, 5.41) is 15.5. The van der Waals surface area contributed by atoms with E-state index in [1.165, 1.54) is 0 Å². The fourth-order valence-corrected chi connectivity index (χ4v) is 3.99. The van der Waals surface area contributed by atoms with Crippen molar-refractivity contribution in [3.63, 3.8) is 0 Å². The summed E-state index contributed by atoms with van der Waals surface area (Å²) in [6, 6.07) is 13.0. The number of fused-ring (bicyclic) bond motifs is 3. The Morgan fingerprint density at radius 3 is 2.83 bits per heavy atom. The Kier molecular flexibility index (Phi) is 3.34. The molecule has 1 aliphatic heterocycles. The topological polar surface area (TPSA) is 55.2 Å². The van der Waals surface area contributed by atoms with Gasteiger partial charge in [-0.3, -0.25) is 10.1 Å². The Balaban J connectivity index is 1.85. The number of nitro benzene ring substituents is 1. The third-order valence-corrected chi connectivity index (χ3v) is 5.01. The van der Waals surface area contributed by atoms with Gasteiger partial charge in [0.05, 0.1) is 11.0 Å². The molecule has 23 heavy (non-hydrogen) atoms. The molecule has 4 rings (SSSR count). The lowest BCUT2D eigenvalue weighted by Crippen LogP contribution is -2.29. The Morgan fingerprint density at radius 2 is 2.04 bits per heavy atom.